The van der Waals surface area contributed by atoms with Crippen LogP contribution in [0.25, 0.3) is 0 Å². The minimum atomic E-state index is -0.859. The molecule has 1 aromatic rings. The molecule has 2 unspecified atom stereocenters. The lowest BCUT2D eigenvalue weighted by Gasteiger charge is -2.25. The molecule has 2 atom stereocenters. The lowest BCUT2D eigenvalue weighted by molar-refractivity contribution is -0.156. The second-order valence-electron chi connectivity index (χ2n) is 6.58. The van der Waals surface area contributed by atoms with Gasteiger partial charge in [-0.1, -0.05) is 37.3 Å². The summed E-state index contributed by atoms with van der Waals surface area (Å²) in [5, 5.41) is 12.6. The van der Waals surface area contributed by atoms with Crippen LogP contribution < -0.4 is 5.32 Å². The number of nitrogens with one attached hydrogen (secondary N) is 1. The molecule has 1 aromatic carbocycles. The summed E-state index contributed by atoms with van der Waals surface area (Å²) in [7, 11) is 0. The first-order valence-corrected chi connectivity index (χ1v) is 8.08. The van der Waals surface area contributed by atoms with Crippen molar-refractivity contribution < 1.29 is 24.2 Å². The first-order valence-electron chi connectivity index (χ1n) is 8.08. The highest BCUT2D eigenvalue weighted by Crippen LogP contribution is 2.12. The van der Waals surface area contributed by atoms with Gasteiger partial charge in [0.25, 0.3) is 0 Å². The standard InChI is InChI=1S/C18H27NO5/c1-5-15(20)14(11-16(21)24-18(2,3)4)19-17(22)23-12-13-9-7-6-8-10-13/h6-10,14-15,20H,5,11-12H2,1-4H3,(H,19,22). The van der Waals surface area contributed by atoms with Gasteiger partial charge in [0.15, 0.2) is 0 Å². The molecular formula is C18H27NO5. The summed E-state index contributed by atoms with van der Waals surface area (Å²) < 4.78 is 10.4. The van der Waals surface area contributed by atoms with E-state index in [9.17, 15) is 14.7 Å². The van der Waals surface area contributed by atoms with Crippen molar-refractivity contribution in [2.75, 3.05) is 0 Å². The number of benzene rings is 1. The molecule has 0 bridgehead atoms. The minimum absolute atomic E-state index is 0.118. The Hall–Kier alpha value is -2.08. The van der Waals surface area contributed by atoms with Crippen molar-refractivity contribution in [3.8, 4) is 0 Å². The summed E-state index contributed by atoms with van der Waals surface area (Å²) in [6.07, 6.45) is -1.26. The summed E-state index contributed by atoms with van der Waals surface area (Å²) in [6, 6.07) is 8.50. The fourth-order valence-electron chi connectivity index (χ4n) is 2.05. The smallest absolute Gasteiger partial charge is 0.407 e. The summed E-state index contributed by atoms with van der Waals surface area (Å²) in [4.78, 5) is 23.8. The molecule has 0 saturated heterocycles. The van der Waals surface area contributed by atoms with Crippen LogP contribution in [0.1, 0.15) is 46.1 Å². The maximum absolute atomic E-state index is 11.9. The molecule has 24 heavy (non-hydrogen) atoms. The van der Waals surface area contributed by atoms with E-state index in [1.807, 2.05) is 30.3 Å². The zero-order chi connectivity index (χ0) is 18.2. The normalized spacial score (nSPS) is 13.7. The fourth-order valence-corrected chi connectivity index (χ4v) is 2.05. The van der Waals surface area contributed by atoms with Gasteiger partial charge in [-0.25, -0.2) is 4.79 Å². The molecule has 0 saturated carbocycles. The van der Waals surface area contributed by atoms with Crippen LogP contribution in [0.5, 0.6) is 0 Å². The SMILES string of the molecule is CCC(O)C(CC(=O)OC(C)(C)C)NC(=O)OCc1ccccc1. The van der Waals surface area contributed by atoms with Gasteiger partial charge in [0.05, 0.1) is 18.6 Å². The summed E-state index contributed by atoms with van der Waals surface area (Å²) >= 11 is 0. The third-order valence-corrected chi connectivity index (χ3v) is 3.21. The van der Waals surface area contributed by atoms with Crippen LogP contribution in [0.3, 0.4) is 0 Å². The number of aliphatic hydroxyl groups excluding tert-OH is 1. The first kappa shape index (κ1) is 20.0. The number of esters is 1. The average Bonchev–Trinajstić information content (AvgIpc) is 2.50. The molecule has 134 valence electrons. The summed E-state index contributed by atoms with van der Waals surface area (Å²) in [6.45, 7) is 7.17. The van der Waals surface area contributed by atoms with Gasteiger partial charge in [0.1, 0.15) is 12.2 Å². The summed E-state index contributed by atoms with van der Waals surface area (Å²) in [5.41, 5.74) is 0.236. The van der Waals surface area contributed by atoms with Gasteiger partial charge in [0.2, 0.25) is 0 Å². The molecule has 1 rings (SSSR count). The molecule has 0 heterocycles. The van der Waals surface area contributed by atoms with E-state index in [1.54, 1.807) is 27.7 Å². The van der Waals surface area contributed by atoms with Crippen LogP contribution in [-0.2, 0) is 20.9 Å². The maximum Gasteiger partial charge on any atom is 0.407 e. The third kappa shape index (κ3) is 7.97. The van der Waals surface area contributed by atoms with Crippen LogP contribution in [-0.4, -0.2) is 34.9 Å². The van der Waals surface area contributed by atoms with Crippen LogP contribution in [0.2, 0.25) is 0 Å². The van der Waals surface area contributed by atoms with Crippen LogP contribution >= 0.6 is 0 Å². The molecule has 0 aromatic heterocycles. The van der Waals surface area contributed by atoms with Crippen LogP contribution in [0.4, 0.5) is 4.79 Å². The number of alkyl carbamates (subject to hydrolysis) is 1. The molecule has 6 nitrogen and oxygen atoms in total. The Morgan fingerprint density at radius 3 is 2.38 bits per heavy atom. The number of carbonyl (C=O) groups excluding carboxylic acids is 2. The topological polar surface area (TPSA) is 84.9 Å². The molecule has 0 aliphatic rings. The van der Waals surface area contributed by atoms with Gasteiger partial charge >= 0.3 is 12.1 Å². The van der Waals surface area contributed by atoms with E-state index in [-0.39, 0.29) is 13.0 Å². The predicted octanol–water partition coefficient (Wildman–Crippen LogP) is 2.78. The molecule has 6 heteroatoms. The van der Waals surface area contributed by atoms with E-state index >= 15 is 0 Å². The van der Waals surface area contributed by atoms with E-state index in [4.69, 9.17) is 9.47 Å². The van der Waals surface area contributed by atoms with E-state index in [2.05, 4.69) is 5.32 Å². The second-order valence-corrected chi connectivity index (χ2v) is 6.58. The van der Waals surface area contributed by atoms with Crippen LogP contribution in [0.15, 0.2) is 30.3 Å². The quantitative estimate of drug-likeness (QED) is 0.747. The number of hydrogen-bond acceptors (Lipinski definition) is 5. The minimum Gasteiger partial charge on any atom is -0.460 e. The summed E-state index contributed by atoms with van der Waals surface area (Å²) in [5.74, 6) is -0.483. The van der Waals surface area contributed by atoms with Crippen molar-refractivity contribution >= 4 is 12.1 Å². The highest BCUT2D eigenvalue weighted by Gasteiger charge is 2.26. The average molecular weight is 337 g/mol. The van der Waals surface area contributed by atoms with Gasteiger partial charge in [-0.3, -0.25) is 4.79 Å². The highest BCUT2D eigenvalue weighted by atomic mass is 16.6. The number of rotatable bonds is 7. The second kappa shape index (κ2) is 9.27. The van der Waals surface area contributed by atoms with Gasteiger partial charge in [0, 0.05) is 0 Å². The van der Waals surface area contributed by atoms with E-state index < -0.39 is 29.8 Å². The number of carbonyl (C=O) groups is 2. The van der Waals surface area contributed by atoms with Crippen molar-refractivity contribution in [3.63, 3.8) is 0 Å². The van der Waals surface area contributed by atoms with Crippen molar-refractivity contribution in [2.24, 2.45) is 0 Å². The Morgan fingerprint density at radius 2 is 1.83 bits per heavy atom. The van der Waals surface area contributed by atoms with Crippen molar-refractivity contribution in [1.29, 1.82) is 0 Å². The Morgan fingerprint density at radius 1 is 1.21 bits per heavy atom. The predicted molar refractivity (Wildman–Crippen MR) is 90.3 cm³/mol. The zero-order valence-corrected chi connectivity index (χ0v) is 14.7. The lowest BCUT2D eigenvalue weighted by atomic mass is 10.1. The van der Waals surface area contributed by atoms with E-state index in [1.165, 1.54) is 0 Å². The fraction of sp³-hybridized carbons (Fsp3) is 0.556. The molecule has 0 aliphatic heterocycles. The van der Waals surface area contributed by atoms with Crippen molar-refractivity contribution in [3.05, 3.63) is 35.9 Å². The lowest BCUT2D eigenvalue weighted by Crippen LogP contribution is -2.45. The molecule has 0 spiro atoms. The van der Waals surface area contributed by atoms with Crippen molar-refractivity contribution in [1.82, 2.24) is 5.32 Å². The Bertz CT molecular complexity index is 524. The van der Waals surface area contributed by atoms with Crippen molar-refractivity contribution in [2.45, 2.75) is 64.9 Å². The molecule has 0 aliphatic carbocycles. The molecule has 0 radical (unpaired) electrons. The van der Waals surface area contributed by atoms with Gasteiger partial charge < -0.3 is 19.9 Å². The first-order chi connectivity index (χ1) is 11.2. The zero-order valence-electron chi connectivity index (χ0n) is 14.7. The Kier molecular flexibility index (Phi) is 7.71. The third-order valence-electron chi connectivity index (χ3n) is 3.21. The number of hydrogen-bond donors (Lipinski definition) is 2. The number of aliphatic hydroxyl groups is 1. The molecule has 1 amide bonds. The molecule has 0 fully saturated rings. The van der Waals surface area contributed by atoms with Gasteiger partial charge in [-0.2, -0.15) is 0 Å². The Labute approximate surface area is 143 Å². The largest absolute Gasteiger partial charge is 0.460 e. The van der Waals surface area contributed by atoms with Gasteiger partial charge in [-0.15, -0.1) is 0 Å². The van der Waals surface area contributed by atoms with Gasteiger partial charge in [-0.05, 0) is 32.8 Å². The van der Waals surface area contributed by atoms with E-state index in [0.29, 0.717) is 6.42 Å². The Balaban J connectivity index is 2.55. The van der Waals surface area contributed by atoms with Crippen LogP contribution in [0, 0.1) is 0 Å². The monoisotopic (exact) mass is 337 g/mol. The highest BCUT2D eigenvalue weighted by molar-refractivity contribution is 5.73. The molecule has 2 N–H and O–H groups in total. The van der Waals surface area contributed by atoms with E-state index in [0.717, 1.165) is 5.56 Å². The number of amides is 1. The molecular weight excluding hydrogens is 310 g/mol. The number of ether oxygens (including phenoxy) is 2. The maximum atomic E-state index is 11.9.